The van der Waals surface area contributed by atoms with Crippen LogP contribution in [0, 0.1) is 0 Å². The van der Waals surface area contributed by atoms with Crippen LogP contribution in [0.15, 0.2) is 10.5 Å². The Morgan fingerprint density at radius 3 is 2.53 bits per heavy atom. The molecule has 2 aromatic rings. The van der Waals surface area contributed by atoms with E-state index in [4.69, 9.17) is 28.3 Å². The summed E-state index contributed by atoms with van der Waals surface area (Å²) in [4.78, 5) is 7.08. The number of benzene rings is 1. The fraction of sp³-hybridized carbons (Fsp3) is 0. The number of aromatic nitrogens is 2. The number of nitrogens with zero attached hydrogens (tertiary/aromatic N) is 2. The van der Waals surface area contributed by atoms with Crippen molar-refractivity contribution < 1.29 is 10.2 Å². The summed E-state index contributed by atoms with van der Waals surface area (Å²) in [5.41, 5.74) is 0.234. The second-order valence-electron chi connectivity index (χ2n) is 2.73. The zero-order valence-corrected chi connectivity index (χ0v) is 10.1. The maximum atomic E-state index is 9.45. The van der Waals surface area contributed by atoms with E-state index in [1.54, 1.807) is 0 Å². The highest BCUT2D eigenvalue weighted by atomic mass is 79.9. The van der Waals surface area contributed by atoms with Gasteiger partial charge in [-0.2, -0.15) is 9.97 Å². The molecule has 0 atom stereocenters. The van der Waals surface area contributed by atoms with Gasteiger partial charge in [-0.3, -0.25) is 0 Å². The van der Waals surface area contributed by atoms with Crippen LogP contribution in [0.1, 0.15) is 0 Å². The van der Waals surface area contributed by atoms with Crippen molar-refractivity contribution in [3.63, 3.8) is 0 Å². The molecule has 0 aliphatic carbocycles. The average Bonchev–Trinajstić information content (AvgIpc) is 2.17. The van der Waals surface area contributed by atoms with Crippen molar-refractivity contribution in [1.82, 2.24) is 9.97 Å². The van der Waals surface area contributed by atoms with Gasteiger partial charge in [0.1, 0.15) is 5.52 Å². The van der Waals surface area contributed by atoms with Crippen LogP contribution in [0.5, 0.6) is 11.9 Å². The first kappa shape index (κ1) is 10.7. The second-order valence-corrected chi connectivity index (χ2v) is 4.31. The van der Waals surface area contributed by atoms with Crippen molar-refractivity contribution in [2.45, 2.75) is 0 Å². The molecule has 0 spiro atoms. The van der Waals surface area contributed by atoms with Crippen LogP contribution in [-0.2, 0) is 0 Å². The third kappa shape index (κ3) is 1.71. The van der Waals surface area contributed by atoms with Crippen LogP contribution >= 0.6 is 39.1 Å². The standard InChI is InChI=1S/C8H3BrCl2N2O2/c9-4-3(10)1-2-6(5(4)11)12-8(15)13-7(2)14/h1H,(H2,12,13,14,15). The third-order valence-corrected chi connectivity index (χ3v) is 3.74. The van der Waals surface area contributed by atoms with E-state index in [9.17, 15) is 5.11 Å². The van der Waals surface area contributed by atoms with Crippen molar-refractivity contribution in [3.05, 3.63) is 20.6 Å². The van der Waals surface area contributed by atoms with E-state index < -0.39 is 6.01 Å². The van der Waals surface area contributed by atoms with Gasteiger partial charge in [-0.25, -0.2) is 0 Å². The van der Waals surface area contributed by atoms with Crippen molar-refractivity contribution in [1.29, 1.82) is 0 Å². The number of aromatic hydroxyl groups is 2. The SMILES string of the molecule is Oc1nc(O)c2cc(Cl)c(Br)c(Cl)c2n1. The fourth-order valence-electron chi connectivity index (χ4n) is 1.15. The summed E-state index contributed by atoms with van der Waals surface area (Å²) in [5, 5.41) is 19.4. The Kier molecular flexibility index (Phi) is 2.62. The molecule has 2 rings (SSSR count). The van der Waals surface area contributed by atoms with E-state index in [0.29, 0.717) is 9.50 Å². The van der Waals surface area contributed by atoms with Gasteiger partial charge in [-0.15, -0.1) is 0 Å². The Labute approximate surface area is 103 Å². The zero-order valence-electron chi connectivity index (χ0n) is 7.00. The Morgan fingerprint density at radius 1 is 1.20 bits per heavy atom. The van der Waals surface area contributed by atoms with E-state index in [2.05, 4.69) is 25.9 Å². The number of halogens is 3. The lowest BCUT2D eigenvalue weighted by Crippen LogP contribution is -1.87. The largest absolute Gasteiger partial charge is 0.493 e. The number of fused-ring (bicyclic) bond motifs is 1. The maximum Gasteiger partial charge on any atom is 0.317 e. The van der Waals surface area contributed by atoms with Gasteiger partial charge in [0, 0.05) is 0 Å². The van der Waals surface area contributed by atoms with E-state index in [0.717, 1.165) is 0 Å². The number of hydrogen-bond donors (Lipinski definition) is 2. The summed E-state index contributed by atoms with van der Waals surface area (Å²) in [6.45, 7) is 0. The Hall–Kier alpha value is -0.780. The molecule has 0 aliphatic rings. The lowest BCUT2D eigenvalue weighted by atomic mass is 10.2. The summed E-state index contributed by atoms with van der Waals surface area (Å²) in [6.07, 6.45) is 0. The predicted octanol–water partition coefficient (Wildman–Crippen LogP) is 3.11. The van der Waals surface area contributed by atoms with E-state index >= 15 is 0 Å². The Bertz CT molecular complexity index is 562. The predicted molar refractivity (Wildman–Crippen MR) is 60.6 cm³/mol. The number of hydrogen-bond acceptors (Lipinski definition) is 4. The van der Waals surface area contributed by atoms with Gasteiger partial charge in [0.2, 0.25) is 5.88 Å². The summed E-state index contributed by atoms with van der Waals surface area (Å²) in [7, 11) is 0. The topological polar surface area (TPSA) is 66.2 Å². The second kappa shape index (κ2) is 3.66. The molecule has 0 radical (unpaired) electrons. The lowest BCUT2D eigenvalue weighted by molar-refractivity contribution is 0.403. The monoisotopic (exact) mass is 308 g/mol. The molecular formula is C8H3BrCl2N2O2. The van der Waals surface area contributed by atoms with Crippen LogP contribution in [0.3, 0.4) is 0 Å². The minimum Gasteiger partial charge on any atom is -0.493 e. The highest BCUT2D eigenvalue weighted by molar-refractivity contribution is 9.10. The molecule has 0 fully saturated rings. The minimum absolute atomic E-state index is 0.213. The Morgan fingerprint density at radius 2 is 1.87 bits per heavy atom. The summed E-state index contributed by atoms with van der Waals surface area (Å²) < 4.78 is 0.454. The molecule has 15 heavy (non-hydrogen) atoms. The smallest absolute Gasteiger partial charge is 0.317 e. The molecule has 78 valence electrons. The molecule has 2 N–H and O–H groups in total. The van der Waals surface area contributed by atoms with E-state index in [1.165, 1.54) is 6.07 Å². The quantitative estimate of drug-likeness (QED) is 0.734. The molecule has 0 aliphatic heterocycles. The van der Waals surface area contributed by atoms with E-state index in [-0.39, 0.29) is 21.8 Å². The summed E-state index contributed by atoms with van der Waals surface area (Å²) in [6, 6.07) is 0.915. The molecular weight excluding hydrogens is 307 g/mol. The molecule has 0 unspecified atom stereocenters. The van der Waals surface area contributed by atoms with Crippen LogP contribution in [0.25, 0.3) is 10.9 Å². The molecule has 0 saturated heterocycles. The molecule has 0 bridgehead atoms. The molecule has 1 aromatic carbocycles. The fourth-order valence-corrected chi connectivity index (χ4v) is 1.95. The first-order chi connectivity index (χ1) is 7.00. The van der Waals surface area contributed by atoms with Crippen molar-refractivity contribution in [2.75, 3.05) is 0 Å². The molecule has 1 aromatic heterocycles. The van der Waals surface area contributed by atoms with Gasteiger partial charge >= 0.3 is 6.01 Å². The van der Waals surface area contributed by atoms with Crippen LogP contribution in [0.4, 0.5) is 0 Å². The molecule has 0 saturated carbocycles. The summed E-state index contributed by atoms with van der Waals surface area (Å²) in [5.74, 6) is -0.367. The van der Waals surface area contributed by atoms with Crippen molar-refractivity contribution >= 4 is 50.0 Å². The number of rotatable bonds is 0. The first-order valence-corrected chi connectivity index (χ1v) is 5.28. The molecule has 7 heteroatoms. The minimum atomic E-state index is -0.545. The van der Waals surface area contributed by atoms with Gasteiger partial charge in [0.25, 0.3) is 0 Å². The molecule has 4 nitrogen and oxygen atoms in total. The van der Waals surface area contributed by atoms with Gasteiger partial charge in [-0.05, 0) is 22.0 Å². The average molecular weight is 310 g/mol. The van der Waals surface area contributed by atoms with Crippen LogP contribution in [-0.4, -0.2) is 20.2 Å². The Balaban J connectivity index is 2.98. The van der Waals surface area contributed by atoms with Crippen LogP contribution in [0.2, 0.25) is 10.0 Å². The van der Waals surface area contributed by atoms with Gasteiger partial charge in [0.15, 0.2) is 0 Å². The van der Waals surface area contributed by atoms with Gasteiger partial charge < -0.3 is 10.2 Å². The summed E-state index contributed by atoms with van der Waals surface area (Å²) >= 11 is 14.9. The highest BCUT2D eigenvalue weighted by Gasteiger charge is 2.14. The normalized spacial score (nSPS) is 10.9. The maximum absolute atomic E-state index is 9.45. The van der Waals surface area contributed by atoms with Crippen LogP contribution < -0.4 is 0 Å². The highest BCUT2D eigenvalue weighted by Crippen LogP contribution is 2.38. The van der Waals surface area contributed by atoms with E-state index in [1.807, 2.05) is 0 Å². The molecule has 0 amide bonds. The molecule has 1 heterocycles. The van der Waals surface area contributed by atoms with Gasteiger partial charge in [-0.1, -0.05) is 23.2 Å². The first-order valence-electron chi connectivity index (χ1n) is 3.74. The van der Waals surface area contributed by atoms with Crippen molar-refractivity contribution in [3.8, 4) is 11.9 Å². The zero-order chi connectivity index (χ0) is 11.2. The third-order valence-electron chi connectivity index (χ3n) is 1.80. The lowest BCUT2D eigenvalue weighted by Gasteiger charge is -2.05. The van der Waals surface area contributed by atoms with Crippen molar-refractivity contribution in [2.24, 2.45) is 0 Å². The van der Waals surface area contributed by atoms with Gasteiger partial charge in [0.05, 0.1) is 19.9 Å².